The van der Waals surface area contributed by atoms with Gasteiger partial charge in [-0.05, 0) is 42.6 Å². The molecule has 0 radical (unpaired) electrons. The van der Waals surface area contributed by atoms with Crippen LogP contribution in [0.3, 0.4) is 0 Å². The number of likely N-dealkylation sites (N-methyl/N-ethyl adjacent to an activating group) is 1. The molecule has 1 heterocycles. The second-order valence-electron chi connectivity index (χ2n) is 7.21. The van der Waals surface area contributed by atoms with Crippen molar-refractivity contribution in [3.63, 3.8) is 0 Å². The summed E-state index contributed by atoms with van der Waals surface area (Å²) in [6.45, 7) is 1.12. The summed E-state index contributed by atoms with van der Waals surface area (Å²) in [4.78, 5) is 2.19. The number of fused-ring (bicyclic) bond motifs is 2. The summed E-state index contributed by atoms with van der Waals surface area (Å²) in [6.07, 6.45) is 0. The van der Waals surface area contributed by atoms with Crippen molar-refractivity contribution in [2.24, 2.45) is 0 Å². The minimum Gasteiger partial charge on any atom is -0.486 e. The summed E-state index contributed by atoms with van der Waals surface area (Å²) in [5.74, 6) is 1.02. The number of sulfonamides is 1. The van der Waals surface area contributed by atoms with Crippen LogP contribution < -0.4 is 14.2 Å². The fourth-order valence-corrected chi connectivity index (χ4v) is 4.63. The molecule has 1 unspecified atom stereocenters. The number of rotatable bonds is 6. The van der Waals surface area contributed by atoms with Crippen LogP contribution in [0.15, 0.2) is 65.6 Å². The van der Waals surface area contributed by atoms with Gasteiger partial charge in [0, 0.05) is 18.7 Å². The molecule has 29 heavy (non-hydrogen) atoms. The highest BCUT2D eigenvalue weighted by atomic mass is 32.2. The highest BCUT2D eigenvalue weighted by Crippen LogP contribution is 2.32. The van der Waals surface area contributed by atoms with Gasteiger partial charge in [0.1, 0.15) is 13.2 Å². The molecule has 0 bridgehead atoms. The summed E-state index contributed by atoms with van der Waals surface area (Å²) in [6, 6.07) is 18.8. The predicted molar refractivity (Wildman–Crippen MR) is 113 cm³/mol. The zero-order valence-electron chi connectivity index (χ0n) is 16.5. The topological polar surface area (TPSA) is 67.9 Å². The fourth-order valence-electron chi connectivity index (χ4n) is 3.57. The fraction of sp³-hybridized carbons (Fsp3) is 0.273. The maximum Gasteiger partial charge on any atom is 0.240 e. The predicted octanol–water partition coefficient (Wildman–Crippen LogP) is 3.19. The van der Waals surface area contributed by atoms with Gasteiger partial charge in [0.15, 0.2) is 11.5 Å². The highest BCUT2D eigenvalue weighted by Gasteiger charge is 2.23. The Morgan fingerprint density at radius 2 is 1.69 bits per heavy atom. The molecule has 152 valence electrons. The first-order chi connectivity index (χ1) is 14.0. The maximum atomic E-state index is 12.9. The average molecular weight is 413 g/mol. The zero-order valence-corrected chi connectivity index (χ0v) is 17.3. The highest BCUT2D eigenvalue weighted by molar-refractivity contribution is 7.89. The molecule has 7 heteroatoms. The molecule has 0 spiro atoms. The van der Waals surface area contributed by atoms with Crippen LogP contribution in [0.1, 0.15) is 11.6 Å². The third kappa shape index (κ3) is 4.07. The largest absolute Gasteiger partial charge is 0.486 e. The van der Waals surface area contributed by atoms with Gasteiger partial charge in [-0.25, -0.2) is 13.1 Å². The smallest absolute Gasteiger partial charge is 0.240 e. The molecule has 3 aromatic rings. The Balaban J connectivity index is 1.59. The van der Waals surface area contributed by atoms with Gasteiger partial charge >= 0.3 is 0 Å². The molecule has 1 aliphatic heterocycles. The second-order valence-corrected chi connectivity index (χ2v) is 8.97. The van der Waals surface area contributed by atoms with E-state index in [1.165, 1.54) is 6.07 Å². The van der Waals surface area contributed by atoms with E-state index in [0.29, 0.717) is 24.7 Å². The van der Waals surface area contributed by atoms with Gasteiger partial charge in [-0.2, -0.15) is 0 Å². The van der Waals surface area contributed by atoms with E-state index in [-0.39, 0.29) is 17.5 Å². The molecule has 6 nitrogen and oxygen atoms in total. The van der Waals surface area contributed by atoms with Crippen molar-refractivity contribution in [2.75, 3.05) is 33.9 Å². The van der Waals surface area contributed by atoms with Crippen molar-refractivity contribution in [3.05, 3.63) is 66.2 Å². The molecule has 4 rings (SSSR count). The summed E-state index contributed by atoms with van der Waals surface area (Å²) in [5.41, 5.74) is 1.08. The van der Waals surface area contributed by atoms with Crippen LogP contribution in [-0.4, -0.2) is 47.2 Å². The van der Waals surface area contributed by atoms with E-state index >= 15 is 0 Å². The Morgan fingerprint density at radius 1 is 0.966 bits per heavy atom. The molecule has 1 aliphatic rings. The zero-order chi connectivity index (χ0) is 20.4. The van der Waals surface area contributed by atoms with Gasteiger partial charge < -0.3 is 14.4 Å². The average Bonchev–Trinajstić information content (AvgIpc) is 2.73. The molecule has 0 saturated heterocycles. The number of hydrogen-bond donors (Lipinski definition) is 1. The van der Waals surface area contributed by atoms with Gasteiger partial charge in [-0.3, -0.25) is 0 Å². The van der Waals surface area contributed by atoms with Gasteiger partial charge in [0.2, 0.25) is 10.0 Å². The van der Waals surface area contributed by atoms with E-state index in [1.807, 2.05) is 43.3 Å². The first-order valence-corrected chi connectivity index (χ1v) is 11.0. The summed E-state index contributed by atoms with van der Waals surface area (Å²) >= 11 is 0. The van der Waals surface area contributed by atoms with Gasteiger partial charge in [-0.1, -0.05) is 42.5 Å². The van der Waals surface area contributed by atoms with Gasteiger partial charge in [0.05, 0.1) is 4.90 Å². The molecular weight excluding hydrogens is 388 g/mol. The Hall–Kier alpha value is -2.61. The summed E-state index contributed by atoms with van der Waals surface area (Å²) < 4.78 is 39.6. The number of nitrogens with one attached hydrogen (secondary N) is 1. The quantitative estimate of drug-likeness (QED) is 0.674. The first-order valence-electron chi connectivity index (χ1n) is 9.49. The van der Waals surface area contributed by atoms with E-state index in [9.17, 15) is 8.42 Å². The number of hydrogen-bond acceptors (Lipinski definition) is 5. The molecule has 1 N–H and O–H groups in total. The van der Waals surface area contributed by atoms with Crippen molar-refractivity contribution in [3.8, 4) is 11.5 Å². The lowest BCUT2D eigenvalue weighted by atomic mass is 9.98. The maximum absolute atomic E-state index is 12.9. The molecule has 3 aromatic carbocycles. The van der Waals surface area contributed by atoms with Crippen LogP contribution in [0.2, 0.25) is 0 Å². The first kappa shape index (κ1) is 19.7. The molecule has 0 saturated carbocycles. The molecule has 0 aromatic heterocycles. The van der Waals surface area contributed by atoms with E-state index in [0.717, 1.165) is 16.3 Å². The van der Waals surface area contributed by atoms with Crippen molar-refractivity contribution >= 4 is 20.8 Å². The monoisotopic (exact) mass is 412 g/mol. The van der Waals surface area contributed by atoms with Crippen LogP contribution >= 0.6 is 0 Å². The van der Waals surface area contributed by atoms with E-state index in [2.05, 4.69) is 22.9 Å². The van der Waals surface area contributed by atoms with Crippen LogP contribution in [0.4, 0.5) is 0 Å². The van der Waals surface area contributed by atoms with Crippen LogP contribution in [0, 0.1) is 0 Å². The standard InChI is InChI=1S/C22H24N2O4S/c1-24(2)20(19-9-5-7-16-6-3-4-8-18(16)19)15-23-29(25,26)17-10-11-21-22(14-17)28-13-12-27-21/h3-11,14,20,23H,12-13,15H2,1-2H3. The Kier molecular flexibility index (Phi) is 5.45. The minimum atomic E-state index is -3.70. The third-order valence-corrected chi connectivity index (χ3v) is 6.52. The van der Waals surface area contributed by atoms with Crippen molar-refractivity contribution in [1.29, 1.82) is 0 Å². The third-order valence-electron chi connectivity index (χ3n) is 5.10. The number of nitrogens with zero attached hydrogens (tertiary/aromatic N) is 1. The lowest BCUT2D eigenvalue weighted by molar-refractivity contribution is 0.171. The Bertz CT molecular complexity index is 1120. The van der Waals surface area contributed by atoms with E-state index < -0.39 is 10.0 Å². The minimum absolute atomic E-state index is 0.118. The van der Waals surface area contributed by atoms with Gasteiger partial charge in [-0.15, -0.1) is 0 Å². The molecule has 1 atom stereocenters. The Labute approximate surface area is 171 Å². The number of ether oxygens (including phenoxy) is 2. The van der Waals surface area contributed by atoms with Gasteiger partial charge in [0.25, 0.3) is 0 Å². The van der Waals surface area contributed by atoms with E-state index in [1.54, 1.807) is 12.1 Å². The summed E-state index contributed by atoms with van der Waals surface area (Å²) in [7, 11) is 0.203. The second kappa shape index (κ2) is 8.02. The van der Waals surface area contributed by atoms with Crippen molar-refractivity contribution < 1.29 is 17.9 Å². The normalized spacial score (nSPS) is 14.9. The van der Waals surface area contributed by atoms with Crippen LogP contribution in [0.25, 0.3) is 10.8 Å². The summed E-state index contributed by atoms with van der Waals surface area (Å²) in [5, 5.41) is 2.25. The molecule has 0 aliphatic carbocycles. The van der Waals surface area contributed by atoms with Crippen LogP contribution in [-0.2, 0) is 10.0 Å². The SMILES string of the molecule is CN(C)C(CNS(=O)(=O)c1ccc2c(c1)OCCO2)c1cccc2ccccc12. The Morgan fingerprint density at radius 3 is 2.48 bits per heavy atom. The number of benzene rings is 3. The van der Waals surface area contributed by atoms with Crippen molar-refractivity contribution in [1.82, 2.24) is 9.62 Å². The lowest BCUT2D eigenvalue weighted by Crippen LogP contribution is -2.34. The van der Waals surface area contributed by atoms with E-state index in [4.69, 9.17) is 9.47 Å². The molecule has 0 amide bonds. The van der Waals surface area contributed by atoms with Crippen molar-refractivity contribution in [2.45, 2.75) is 10.9 Å². The van der Waals surface area contributed by atoms with Crippen LogP contribution in [0.5, 0.6) is 11.5 Å². The molecular formula is C22H24N2O4S. The lowest BCUT2D eigenvalue weighted by Gasteiger charge is -2.26. The molecule has 0 fully saturated rings.